The molecule has 5 heteroatoms. The van der Waals surface area contributed by atoms with Gasteiger partial charge in [0.2, 0.25) is 0 Å². The van der Waals surface area contributed by atoms with Gasteiger partial charge in [-0.2, -0.15) is 0 Å². The monoisotopic (exact) mass is 273 g/mol. The van der Waals surface area contributed by atoms with E-state index in [4.69, 9.17) is 5.73 Å². The maximum Gasteiger partial charge on any atom is 0.251 e. The number of hydrogen-bond donors (Lipinski definition) is 2. The summed E-state index contributed by atoms with van der Waals surface area (Å²) in [4.78, 5) is 16.1. The van der Waals surface area contributed by atoms with Crippen molar-refractivity contribution in [1.29, 1.82) is 0 Å². The molecule has 1 amide bonds. The molecule has 2 rings (SSSR count). The summed E-state index contributed by atoms with van der Waals surface area (Å²) in [6, 6.07) is 9.06. The first-order valence-corrected chi connectivity index (χ1v) is 6.27. The highest BCUT2D eigenvalue weighted by Crippen LogP contribution is 2.17. The molecule has 0 saturated heterocycles. The molecule has 20 heavy (non-hydrogen) atoms. The van der Waals surface area contributed by atoms with Crippen LogP contribution in [0.15, 0.2) is 36.4 Å². The Morgan fingerprint density at radius 1 is 1.35 bits per heavy atom. The fraction of sp³-hybridized carbons (Fsp3) is 0.200. The van der Waals surface area contributed by atoms with E-state index in [1.54, 1.807) is 38.1 Å². The molecular formula is C15H16FN3O. The predicted octanol–water partition coefficient (Wildman–Crippen LogP) is 2.60. The number of carbonyl (C=O) groups excluding carboxylic acids is 1. The number of nitrogen functional groups attached to an aromatic ring is 1. The summed E-state index contributed by atoms with van der Waals surface area (Å²) in [6.45, 7) is 3.49. The van der Waals surface area contributed by atoms with Crippen LogP contribution in [0.3, 0.4) is 0 Å². The Morgan fingerprint density at radius 3 is 2.70 bits per heavy atom. The molecule has 4 nitrogen and oxygen atoms in total. The van der Waals surface area contributed by atoms with Gasteiger partial charge < -0.3 is 11.1 Å². The zero-order valence-electron chi connectivity index (χ0n) is 11.4. The molecule has 0 bridgehead atoms. The van der Waals surface area contributed by atoms with E-state index in [1.165, 1.54) is 12.1 Å². The highest BCUT2D eigenvalue weighted by molar-refractivity contribution is 5.95. The second-order valence-corrected chi connectivity index (χ2v) is 4.64. The number of rotatable bonds is 3. The van der Waals surface area contributed by atoms with Crippen molar-refractivity contribution in [3.8, 4) is 0 Å². The molecule has 1 atom stereocenters. The highest BCUT2D eigenvalue weighted by Gasteiger charge is 2.15. The Hall–Kier alpha value is -2.43. The molecule has 0 spiro atoms. The number of amides is 1. The number of aryl methyl sites for hydroxylation is 1. The summed E-state index contributed by atoms with van der Waals surface area (Å²) < 4.78 is 13.6. The van der Waals surface area contributed by atoms with E-state index in [1.807, 2.05) is 0 Å². The maximum absolute atomic E-state index is 13.6. The summed E-state index contributed by atoms with van der Waals surface area (Å²) in [5, 5.41) is 2.75. The molecule has 104 valence electrons. The van der Waals surface area contributed by atoms with Gasteiger partial charge in [-0.05, 0) is 32.0 Å². The molecule has 0 saturated carbocycles. The zero-order valence-corrected chi connectivity index (χ0v) is 11.4. The lowest BCUT2D eigenvalue weighted by Gasteiger charge is -2.15. The molecule has 1 aromatic heterocycles. The second kappa shape index (κ2) is 5.69. The number of nitrogens with two attached hydrogens (primary N) is 1. The average molecular weight is 273 g/mol. The van der Waals surface area contributed by atoms with Crippen molar-refractivity contribution in [2.45, 2.75) is 19.9 Å². The Labute approximate surface area is 116 Å². The minimum absolute atomic E-state index is 0.286. The first kappa shape index (κ1) is 14.0. The smallest absolute Gasteiger partial charge is 0.251 e. The van der Waals surface area contributed by atoms with Crippen molar-refractivity contribution in [3.63, 3.8) is 0 Å². The highest BCUT2D eigenvalue weighted by atomic mass is 19.1. The first-order valence-electron chi connectivity index (χ1n) is 6.27. The lowest BCUT2D eigenvalue weighted by atomic mass is 10.1. The number of halogens is 1. The second-order valence-electron chi connectivity index (χ2n) is 4.64. The number of anilines is 1. The van der Waals surface area contributed by atoms with Gasteiger partial charge in [-0.1, -0.05) is 18.2 Å². The van der Waals surface area contributed by atoms with Crippen LogP contribution in [-0.2, 0) is 0 Å². The van der Waals surface area contributed by atoms with Gasteiger partial charge >= 0.3 is 0 Å². The largest absolute Gasteiger partial charge is 0.384 e. The van der Waals surface area contributed by atoms with Gasteiger partial charge in [0.15, 0.2) is 0 Å². The third-order valence-corrected chi connectivity index (χ3v) is 2.95. The number of carbonyl (C=O) groups is 1. The predicted molar refractivity (Wildman–Crippen MR) is 75.7 cm³/mol. The molecule has 1 aromatic carbocycles. The summed E-state index contributed by atoms with van der Waals surface area (Å²) >= 11 is 0. The van der Waals surface area contributed by atoms with E-state index in [9.17, 15) is 9.18 Å². The van der Waals surface area contributed by atoms with E-state index in [2.05, 4.69) is 10.3 Å². The van der Waals surface area contributed by atoms with Crippen molar-refractivity contribution < 1.29 is 9.18 Å². The van der Waals surface area contributed by atoms with Crippen molar-refractivity contribution >= 4 is 11.7 Å². The van der Waals surface area contributed by atoms with Gasteiger partial charge in [-0.15, -0.1) is 0 Å². The van der Waals surface area contributed by atoms with Gasteiger partial charge in [-0.3, -0.25) is 4.79 Å². The van der Waals surface area contributed by atoms with Gasteiger partial charge in [-0.25, -0.2) is 9.37 Å². The van der Waals surface area contributed by atoms with Crippen LogP contribution >= 0.6 is 0 Å². The zero-order chi connectivity index (χ0) is 14.7. The Balaban J connectivity index is 2.17. The first-order chi connectivity index (χ1) is 9.47. The van der Waals surface area contributed by atoms with Gasteiger partial charge in [0.1, 0.15) is 11.6 Å². The molecule has 3 N–H and O–H groups in total. The van der Waals surface area contributed by atoms with Crippen molar-refractivity contribution in [1.82, 2.24) is 10.3 Å². The molecule has 1 unspecified atom stereocenters. The lowest BCUT2D eigenvalue weighted by Crippen LogP contribution is -2.27. The molecule has 0 aliphatic heterocycles. The van der Waals surface area contributed by atoms with E-state index >= 15 is 0 Å². The summed E-state index contributed by atoms with van der Waals surface area (Å²) in [5.41, 5.74) is 7.13. The van der Waals surface area contributed by atoms with Crippen LogP contribution in [0.2, 0.25) is 0 Å². The number of nitrogens with one attached hydrogen (secondary N) is 1. The van der Waals surface area contributed by atoms with Crippen LogP contribution in [0, 0.1) is 12.7 Å². The van der Waals surface area contributed by atoms with Crippen molar-refractivity contribution in [3.05, 3.63) is 59.0 Å². The van der Waals surface area contributed by atoms with Crippen LogP contribution in [0.25, 0.3) is 0 Å². The topological polar surface area (TPSA) is 68.0 Å². The van der Waals surface area contributed by atoms with Crippen molar-refractivity contribution in [2.24, 2.45) is 0 Å². The molecule has 1 heterocycles. The summed E-state index contributed by atoms with van der Waals surface area (Å²) in [6.07, 6.45) is 0. The van der Waals surface area contributed by atoms with E-state index in [0.29, 0.717) is 16.8 Å². The quantitative estimate of drug-likeness (QED) is 0.903. The Morgan fingerprint density at radius 2 is 2.05 bits per heavy atom. The van der Waals surface area contributed by atoms with Gasteiger partial charge in [0.05, 0.1) is 6.04 Å². The number of pyridine rings is 1. The molecule has 0 radical (unpaired) electrons. The Kier molecular flexibility index (Phi) is 3.98. The van der Waals surface area contributed by atoms with Crippen LogP contribution in [0.5, 0.6) is 0 Å². The third kappa shape index (κ3) is 3.12. The SMILES string of the molecule is Cc1cc(C(=O)NC(C)c2ccccc2F)cc(N)n1. The van der Waals surface area contributed by atoms with E-state index in [-0.39, 0.29) is 17.5 Å². The summed E-state index contributed by atoms with van der Waals surface area (Å²) in [5.74, 6) is -0.364. The fourth-order valence-electron chi connectivity index (χ4n) is 2.01. The number of aromatic nitrogens is 1. The molecule has 0 aliphatic rings. The van der Waals surface area contributed by atoms with E-state index in [0.717, 1.165) is 0 Å². The molecule has 0 aliphatic carbocycles. The van der Waals surface area contributed by atoms with E-state index < -0.39 is 6.04 Å². The van der Waals surface area contributed by atoms with Gasteiger partial charge in [0, 0.05) is 16.8 Å². The normalized spacial score (nSPS) is 11.9. The van der Waals surface area contributed by atoms with Crippen LogP contribution in [0.4, 0.5) is 10.2 Å². The average Bonchev–Trinajstić information content (AvgIpc) is 2.37. The minimum atomic E-state index is -0.432. The number of hydrogen-bond acceptors (Lipinski definition) is 3. The van der Waals surface area contributed by atoms with Gasteiger partial charge in [0.25, 0.3) is 5.91 Å². The third-order valence-electron chi connectivity index (χ3n) is 2.95. The van der Waals surface area contributed by atoms with Crippen molar-refractivity contribution in [2.75, 3.05) is 5.73 Å². The fourth-order valence-corrected chi connectivity index (χ4v) is 2.01. The summed E-state index contributed by atoms with van der Waals surface area (Å²) in [7, 11) is 0. The lowest BCUT2D eigenvalue weighted by molar-refractivity contribution is 0.0939. The molecule has 0 fully saturated rings. The molecular weight excluding hydrogens is 257 g/mol. The van der Waals surface area contributed by atoms with Crippen LogP contribution < -0.4 is 11.1 Å². The van der Waals surface area contributed by atoms with Crippen LogP contribution in [-0.4, -0.2) is 10.9 Å². The standard InChI is InChI=1S/C15H16FN3O/c1-9-7-11(8-14(17)18-9)15(20)19-10(2)12-5-3-4-6-13(12)16/h3-8,10H,1-2H3,(H2,17,18)(H,19,20). The number of benzene rings is 1. The minimum Gasteiger partial charge on any atom is -0.384 e. The van der Waals surface area contributed by atoms with Crippen LogP contribution in [0.1, 0.15) is 34.6 Å². The number of nitrogens with zero attached hydrogens (tertiary/aromatic N) is 1. The molecule has 2 aromatic rings. The maximum atomic E-state index is 13.6. The Bertz CT molecular complexity index is 623.